The molecule has 0 heterocycles. The van der Waals surface area contributed by atoms with Gasteiger partial charge in [-0.25, -0.2) is 4.79 Å². The Labute approximate surface area is 137 Å². The second-order valence-electron chi connectivity index (χ2n) is 4.29. The largest absolute Gasteiger partial charge is 0.463 e. The second kappa shape index (κ2) is 8.59. The molecule has 1 rings (SSSR count). The zero-order valence-electron chi connectivity index (χ0n) is 12.5. The number of thiocarbonyl (C=S) groups is 1. The Hall–Kier alpha value is -2.81. The van der Waals surface area contributed by atoms with E-state index in [1.165, 1.54) is 18.2 Å². The normalized spacial score (nSPS) is 10.2. The van der Waals surface area contributed by atoms with Crippen LogP contribution in [0.1, 0.15) is 12.5 Å². The Morgan fingerprint density at radius 2 is 2.09 bits per heavy atom. The number of aryl methyl sites for hydroxylation is 1. The number of anilines is 1. The molecule has 0 radical (unpaired) electrons. The molecule has 0 unspecified atom stereocenters. The lowest BCUT2D eigenvalue weighted by molar-refractivity contribution is -0.384. The summed E-state index contributed by atoms with van der Waals surface area (Å²) in [6, 6.07) is 4.19. The zero-order valence-corrected chi connectivity index (χ0v) is 13.3. The van der Waals surface area contributed by atoms with E-state index in [4.69, 9.17) is 12.2 Å². The number of nitrogens with zero attached hydrogens (tertiary/aromatic N) is 1. The number of rotatable bonds is 5. The third kappa shape index (κ3) is 6.22. The molecule has 0 atom stereocenters. The third-order valence-corrected chi connectivity index (χ3v) is 2.77. The highest BCUT2D eigenvalue weighted by atomic mass is 32.1. The van der Waals surface area contributed by atoms with Crippen LogP contribution >= 0.6 is 12.2 Å². The Morgan fingerprint density at radius 3 is 2.65 bits per heavy atom. The predicted molar refractivity (Wildman–Crippen MR) is 88.0 cm³/mol. The van der Waals surface area contributed by atoms with E-state index in [1.807, 2.05) is 0 Å². The van der Waals surface area contributed by atoms with Crippen molar-refractivity contribution in [3.8, 4) is 0 Å². The van der Waals surface area contributed by atoms with Gasteiger partial charge in [0.15, 0.2) is 5.11 Å². The van der Waals surface area contributed by atoms with Gasteiger partial charge in [-0.2, -0.15) is 0 Å². The van der Waals surface area contributed by atoms with E-state index in [2.05, 4.69) is 15.4 Å². The third-order valence-electron chi connectivity index (χ3n) is 2.56. The van der Waals surface area contributed by atoms with Crippen molar-refractivity contribution < 1.29 is 19.2 Å². The van der Waals surface area contributed by atoms with Gasteiger partial charge in [0.1, 0.15) is 0 Å². The number of benzene rings is 1. The van der Waals surface area contributed by atoms with Crippen LogP contribution in [0.2, 0.25) is 0 Å². The molecular formula is C14H15N3O5S. The lowest BCUT2D eigenvalue weighted by atomic mass is 10.2. The summed E-state index contributed by atoms with van der Waals surface area (Å²) in [4.78, 5) is 32.8. The second-order valence-corrected chi connectivity index (χ2v) is 4.69. The molecule has 0 aliphatic carbocycles. The average Bonchev–Trinajstić information content (AvgIpc) is 2.47. The molecule has 9 heteroatoms. The number of nitro benzene ring substituents is 1. The van der Waals surface area contributed by atoms with Gasteiger partial charge in [0, 0.05) is 30.0 Å². The standard InChI is InChI=1S/C14H15N3O5S/c1-3-22-13(19)7-6-12(18)16-14(23)15-11-5-4-10(17(20)21)8-9(11)2/h4-8H,3H2,1-2H3,(H2,15,16,18,23)/b7-6+. The van der Waals surface area contributed by atoms with E-state index >= 15 is 0 Å². The van der Waals surface area contributed by atoms with Gasteiger partial charge in [0.25, 0.3) is 5.69 Å². The van der Waals surface area contributed by atoms with Crippen LogP contribution in [0.15, 0.2) is 30.4 Å². The maximum atomic E-state index is 11.6. The molecule has 2 N–H and O–H groups in total. The quantitative estimate of drug-likeness (QED) is 0.277. The lowest BCUT2D eigenvalue weighted by Crippen LogP contribution is -2.33. The van der Waals surface area contributed by atoms with Gasteiger partial charge in [-0.15, -0.1) is 0 Å². The molecule has 0 saturated heterocycles. The molecule has 0 aromatic heterocycles. The van der Waals surface area contributed by atoms with Crippen LogP contribution in [0, 0.1) is 17.0 Å². The number of hydrogen-bond acceptors (Lipinski definition) is 6. The van der Waals surface area contributed by atoms with Gasteiger partial charge in [-0.1, -0.05) is 0 Å². The zero-order chi connectivity index (χ0) is 17.4. The van der Waals surface area contributed by atoms with Gasteiger partial charge >= 0.3 is 5.97 Å². The van der Waals surface area contributed by atoms with Crippen molar-refractivity contribution >= 4 is 40.6 Å². The molecule has 1 aromatic rings. The number of nitrogens with one attached hydrogen (secondary N) is 2. The minimum Gasteiger partial charge on any atom is -0.463 e. The van der Waals surface area contributed by atoms with Gasteiger partial charge < -0.3 is 10.1 Å². The lowest BCUT2D eigenvalue weighted by Gasteiger charge is -2.10. The van der Waals surface area contributed by atoms with Crippen LogP contribution in [-0.2, 0) is 14.3 Å². The van der Waals surface area contributed by atoms with Crippen LogP contribution in [0.4, 0.5) is 11.4 Å². The van der Waals surface area contributed by atoms with Crippen molar-refractivity contribution in [2.45, 2.75) is 13.8 Å². The first-order chi connectivity index (χ1) is 10.8. The maximum Gasteiger partial charge on any atom is 0.330 e. The fourth-order valence-corrected chi connectivity index (χ4v) is 1.75. The minimum absolute atomic E-state index is 0.000428. The van der Waals surface area contributed by atoms with Crippen LogP contribution in [0.5, 0.6) is 0 Å². The highest BCUT2D eigenvalue weighted by Gasteiger charge is 2.09. The molecule has 0 fully saturated rings. The van der Waals surface area contributed by atoms with Crippen LogP contribution in [0.3, 0.4) is 0 Å². The van der Waals surface area contributed by atoms with Crippen molar-refractivity contribution in [1.82, 2.24) is 5.32 Å². The number of ether oxygens (including phenoxy) is 1. The number of nitro groups is 1. The van der Waals surface area contributed by atoms with E-state index in [9.17, 15) is 19.7 Å². The Balaban J connectivity index is 2.61. The number of amides is 1. The first kappa shape index (κ1) is 18.2. The Bertz CT molecular complexity index is 672. The monoisotopic (exact) mass is 337 g/mol. The van der Waals surface area contributed by atoms with Crippen LogP contribution < -0.4 is 10.6 Å². The average molecular weight is 337 g/mol. The molecule has 0 aliphatic heterocycles. The van der Waals surface area contributed by atoms with E-state index in [0.717, 1.165) is 12.2 Å². The summed E-state index contributed by atoms with van der Waals surface area (Å²) in [5.74, 6) is -1.23. The van der Waals surface area contributed by atoms with Gasteiger partial charge in [0.05, 0.1) is 11.5 Å². The smallest absolute Gasteiger partial charge is 0.330 e. The summed E-state index contributed by atoms with van der Waals surface area (Å²) < 4.78 is 4.63. The predicted octanol–water partition coefficient (Wildman–Crippen LogP) is 1.84. The fraction of sp³-hybridized carbons (Fsp3) is 0.214. The van der Waals surface area contributed by atoms with Crippen molar-refractivity contribution in [1.29, 1.82) is 0 Å². The van der Waals surface area contributed by atoms with E-state index in [0.29, 0.717) is 11.3 Å². The van der Waals surface area contributed by atoms with E-state index < -0.39 is 16.8 Å². The molecule has 0 aliphatic rings. The summed E-state index contributed by atoms with van der Waals surface area (Å²) >= 11 is 4.96. The molecule has 0 bridgehead atoms. The number of non-ortho nitro benzene ring substituents is 1. The molecule has 0 saturated carbocycles. The summed E-state index contributed by atoms with van der Waals surface area (Å²) in [5.41, 5.74) is 1.08. The first-order valence-corrected chi connectivity index (χ1v) is 6.96. The Kier molecular flexibility index (Phi) is 6.81. The first-order valence-electron chi connectivity index (χ1n) is 6.55. The van der Waals surface area contributed by atoms with Gasteiger partial charge in [-0.05, 0) is 37.7 Å². The maximum absolute atomic E-state index is 11.6. The molecule has 8 nitrogen and oxygen atoms in total. The van der Waals surface area contributed by atoms with Crippen molar-refractivity contribution in [2.75, 3.05) is 11.9 Å². The molecule has 23 heavy (non-hydrogen) atoms. The number of carbonyl (C=O) groups excluding carboxylic acids is 2. The van der Waals surface area contributed by atoms with Gasteiger partial charge in [-0.3, -0.25) is 20.2 Å². The summed E-state index contributed by atoms with van der Waals surface area (Å²) in [5, 5.41) is 15.8. The van der Waals surface area contributed by atoms with Crippen molar-refractivity contribution in [2.24, 2.45) is 0 Å². The fourth-order valence-electron chi connectivity index (χ4n) is 1.54. The Morgan fingerprint density at radius 1 is 1.39 bits per heavy atom. The topological polar surface area (TPSA) is 111 Å². The number of hydrogen-bond donors (Lipinski definition) is 2. The number of carbonyl (C=O) groups is 2. The highest BCUT2D eigenvalue weighted by molar-refractivity contribution is 7.80. The summed E-state index contributed by atoms with van der Waals surface area (Å²) in [6.45, 7) is 3.53. The molecular weight excluding hydrogens is 322 g/mol. The summed E-state index contributed by atoms with van der Waals surface area (Å²) in [6.07, 6.45) is 1.98. The van der Waals surface area contributed by atoms with Crippen LogP contribution in [-0.4, -0.2) is 28.5 Å². The van der Waals surface area contributed by atoms with Crippen molar-refractivity contribution in [3.05, 3.63) is 46.0 Å². The highest BCUT2D eigenvalue weighted by Crippen LogP contribution is 2.20. The molecule has 1 amide bonds. The number of esters is 1. The SMILES string of the molecule is CCOC(=O)/C=C/C(=O)NC(=S)Nc1ccc([N+](=O)[O-])cc1C. The molecule has 0 spiro atoms. The summed E-state index contributed by atoms with van der Waals surface area (Å²) in [7, 11) is 0. The van der Waals surface area contributed by atoms with E-state index in [-0.39, 0.29) is 17.4 Å². The molecule has 122 valence electrons. The van der Waals surface area contributed by atoms with Crippen LogP contribution in [0.25, 0.3) is 0 Å². The molecule has 1 aromatic carbocycles. The van der Waals surface area contributed by atoms with E-state index in [1.54, 1.807) is 13.8 Å². The van der Waals surface area contributed by atoms with Crippen molar-refractivity contribution in [3.63, 3.8) is 0 Å². The minimum atomic E-state index is -0.632. The van der Waals surface area contributed by atoms with Gasteiger partial charge in [0.2, 0.25) is 5.91 Å².